The molecule has 6 nitrogen and oxygen atoms in total. The summed E-state index contributed by atoms with van der Waals surface area (Å²) in [5, 5.41) is 12.0. The number of carbonyl (C=O) groups excluding carboxylic acids is 1. The Morgan fingerprint density at radius 1 is 1.11 bits per heavy atom. The topological polar surface area (TPSA) is 81.9 Å². The van der Waals surface area contributed by atoms with Crippen LogP contribution in [0, 0.1) is 11.3 Å². The van der Waals surface area contributed by atoms with Gasteiger partial charge in [0.1, 0.15) is 0 Å². The molecule has 0 bridgehead atoms. The molecule has 140 valence electrons. The molecule has 0 aliphatic rings. The average molecular weight is 371 g/mol. The molecule has 28 heavy (non-hydrogen) atoms. The van der Waals surface area contributed by atoms with Crippen molar-refractivity contribution in [2.24, 2.45) is 0 Å². The molecule has 0 aliphatic carbocycles. The minimum absolute atomic E-state index is 0.0410. The van der Waals surface area contributed by atoms with Crippen molar-refractivity contribution < 1.29 is 4.79 Å². The molecule has 0 aliphatic heterocycles. The molecule has 0 radical (unpaired) electrons. The quantitative estimate of drug-likeness (QED) is 0.704. The fourth-order valence-electron chi connectivity index (χ4n) is 2.73. The van der Waals surface area contributed by atoms with Crippen LogP contribution in [0.5, 0.6) is 0 Å². The third-order valence-electron chi connectivity index (χ3n) is 4.23. The van der Waals surface area contributed by atoms with Crippen LogP contribution in [0.25, 0.3) is 0 Å². The summed E-state index contributed by atoms with van der Waals surface area (Å²) in [4.78, 5) is 23.2. The smallest absolute Gasteiger partial charge is 0.257 e. The van der Waals surface area contributed by atoms with Crippen LogP contribution in [0.4, 0.5) is 11.6 Å². The third-order valence-corrected chi connectivity index (χ3v) is 4.23. The van der Waals surface area contributed by atoms with Gasteiger partial charge in [0.25, 0.3) is 5.91 Å². The van der Waals surface area contributed by atoms with Gasteiger partial charge in [0.05, 0.1) is 17.2 Å². The zero-order valence-corrected chi connectivity index (χ0v) is 15.8. The monoisotopic (exact) mass is 371 g/mol. The predicted molar refractivity (Wildman–Crippen MR) is 108 cm³/mol. The van der Waals surface area contributed by atoms with Crippen molar-refractivity contribution in [3.63, 3.8) is 0 Å². The van der Waals surface area contributed by atoms with Crippen molar-refractivity contribution >= 4 is 17.5 Å². The number of anilines is 2. The first-order chi connectivity index (χ1) is 13.6. The lowest BCUT2D eigenvalue weighted by Crippen LogP contribution is -2.36. The summed E-state index contributed by atoms with van der Waals surface area (Å²) in [5.74, 6) is 0.252. The first-order valence-corrected chi connectivity index (χ1v) is 9.01. The molecule has 0 saturated carbocycles. The van der Waals surface area contributed by atoms with Crippen molar-refractivity contribution in [1.82, 2.24) is 14.9 Å². The van der Waals surface area contributed by atoms with E-state index in [1.54, 1.807) is 23.1 Å². The summed E-state index contributed by atoms with van der Waals surface area (Å²) in [7, 11) is 0. The van der Waals surface area contributed by atoms with Gasteiger partial charge in [-0.1, -0.05) is 36.4 Å². The Hall–Kier alpha value is -3.72. The van der Waals surface area contributed by atoms with Crippen LogP contribution in [0.3, 0.4) is 0 Å². The van der Waals surface area contributed by atoms with E-state index in [9.17, 15) is 4.79 Å². The number of benzene rings is 2. The number of aromatic nitrogens is 2. The van der Waals surface area contributed by atoms with Gasteiger partial charge in [0.2, 0.25) is 5.95 Å². The number of rotatable bonds is 6. The van der Waals surface area contributed by atoms with Gasteiger partial charge < -0.3 is 10.2 Å². The van der Waals surface area contributed by atoms with Crippen molar-refractivity contribution in [2.75, 3.05) is 5.32 Å². The van der Waals surface area contributed by atoms with E-state index in [2.05, 4.69) is 21.4 Å². The van der Waals surface area contributed by atoms with Crippen molar-refractivity contribution in [3.8, 4) is 6.07 Å². The lowest BCUT2D eigenvalue weighted by molar-refractivity contribution is 0.0689. The molecule has 2 aromatic carbocycles. The van der Waals surface area contributed by atoms with Gasteiger partial charge in [-0.25, -0.2) is 9.97 Å². The zero-order chi connectivity index (χ0) is 19.9. The van der Waals surface area contributed by atoms with Gasteiger partial charge in [-0.3, -0.25) is 4.79 Å². The van der Waals surface area contributed by atoms with Gasteiger partial charge in [-0.2, -0.15) is 5.26 Å². The number of nitriles is 1. The molecule has 3 aromatic rings. The Morgan fingerprint density at radius 3 is 2.46 bits per heavy atom. The second-order valence-electron chi connectivity index (χ2n) is 6.63. The van der Waals surface area contributed by atoms with E-state index in [0.29, 0.717) is 29.3 Å². The van der Waals surface area contributed by atoms with Gasteiger partial charge in [-0.05, 0) is 37.6 Å². The lowest BCUT2D eigenvalue weighted by atomic mass is 10.1. The minimum Gasteiger partial charge on any atom is -0.332 e. The van der Waals surface area contributed by atoms with Gasteiger partial charge in [0.15, 0.2) is 0 Å². The number of nitrogens with zero attached hydrogens (tertiary/aromatic N) is 4. The van der Waals surface area contributed by atoms with Gasteiger partial charge >= 0.3 is 0 Å². The molecule has 1 aromatic heterocycles. The van der Waals surface area contributed by atoms with Crippen molar-refractivity contribution in [2.45, 2.75) is 26.4 Å². The third kappa shape index (κ3) is 4.71. The molecule has 0 unspecified atom stereocenters. The largest absolute Gasteiger partial charge is 0.332 e. The molecule has 0 atom stereocenters. The van der Waals surface area contributed by atoms with E-state index in [0.717, 1.165) is 5.56 Å². The number of nitrogens with one attached hydrogen (secondary N) is 1. The van der Waals surface area contributed by atoms with Crippen molar-refractivity contribution in [1.29, 1.82) is 5.26 Å². The molecule has 1 amide bonds. The van der Waals surface area contributed by atoms with E-state index in [1.807, 2.05) is 50.2 Å². The number of hydrogen-bond donors (Lipinski definition) is 1. The maximum Gasteiger partial charge on any atom is 0.257 e. The van der Waals surface area contributed by atoms with Crippen molar-refractivity contribution in [3.05, 3.63) is 83.7 Å². The Labute approximate surface area is 164 Å². The van der Waals surface area contributed by atoms with Crippen LogP contribution in [0.15, 0.2) is 67.0 Å². The summed E-state index contributed by atoms with van der Waals surface area (Å²) in [6.45, 7) is 4.50. The first-order valence-electron chi connectivity index (χ1n) is 9.01. The average Bonchev–Trinajstić information content (AvgIpc) is 2.73. The first kappa shape index (κ1) is 19.1. The highest BCUT2D eigenvalue weighted by Crippen LogP contribution is 2.16. The van der Waals surface area contributed by atoms with E-state index in [-0.39, 0.29) is 11.9 Å². The van der Waals surface area contributed by atoms with Crippen LogP contribution in [0.2, 0.25) is 0 Å². The normalized spacial score (nSPS) is 10.4. The van der Waals surface area contributed by atoms with Crippen LogP contribution in [0.1, 0.15) is 35.3 Å². The summed E-state index contributed by atoms with van der Waals surface area (Å²) in [5.41, 5.74) is 2.76. The van der Waals surface area contributed by atoms with E-state index in [1.165, 1.54) is 12.4 Å². The van der Waals surface area contributed by atoms with Crippen LogP contribution < -0.4 is 5.32 Å². The fourth-order valence-corrected chi connectivity index (χ4v) is 2.73. The predicted octanol–water partition coefficient (Wildman–Crippen LogP) is 4.14. The Bertz CT molecular complexity index is 978. The zero-order valence-electron chi connectivity index (χ0n) is 15.8. The molecule has 1 heterocycles. The molecular formula is C22H21N5O. The highest BCUT2D eigenvalue weighted by Gasteiger charge is 2.20. The second kappa shape index (κ2) is 8.78. The number of carbonyl (C=O) groups is 1. The highest BCUT2D eigenvalue weighted by molar-refractivity contribution is 5.93. The fraction of sp³-hybridized carbons (Fsp3) is 0.182. The lowest BCUT2D eigenvalue weighted by Gasteiger charge is -2.26. The van der Waals surface area contributed by atoms with Gasteiger partial charge in [0, 0.05) is 30.7 Å². The number of amides is 1. The van der Waals surface area contributed by atoms with E-state index >= 15 is 0 Å². The molecule has 0 saturated heterocycles. The Kier molecular flexibility index (Phi) is 5.97. The molecule has 1 N–H and O–H groups in total. The molecule has 3 rings (SSSR count). The standard InChI is InChI=1S/C22H21N5O/c1-16(2)27(15-17-7-4-3-5-8-17)21(28)19-13-24-22(25-14-19)26-20-10-6-9-18(11-20)12-23/h3-11,13-14,16H,15H2,1-2H3,(H,24,25,26). The summed E-state index contributed by atoms with van der Waals surface area (Å²) >= 11 is 0. The van der Waals surface area contributed by atoms with Crippen LogP contribution in [-0.4, -0.2) is 26.8 Å². The Balaban J connectivity index is 1.73. The maximum absolute atomic E-state index is 12.9. The van der Waals surface area contributed by atoms with Crippen LogP contribution >= 0.6 is 0 Å². The van der Waals surface area contributed by atoms with E-state index < -0.39 is 0 Å². The summed E-state index contributed by atoms with van der Waals surface area (Å²) in [6, 6.07) is 19.0. The Morgan fingerprint density at radius 2 is 1.82 bits per heavy atom. The summed E-state index contributed by atoms with van der Waals surface area (Å²) in [6.07, 6.45) is 3.04. The highest BCUT2D eigenvalue weighted by atomic mass is 16.2. The molecular weight excluding hydrogens is 350 g/mol. The van der Waals surface area contributed by atoms with E-state index in [4.69, 9.17) is 5.26 Å². The molecule has 0 fully saturated rings. The maximum atomic E-state index is 12.9. The minimum atomic E-state index is -0.114. The molecule has 6 heteroatoms. The molecule has 0 spiro atoms. The van der Waals surface area contributed by atoms with Crippen LogP contribution in [-0.2, 0) is 6.54 Å². The SMILES string of the molecule is CC(C)N(Cc1ccccc1)C(=O)c1cnc(Nc2cccc(C#N)c2)nc1. The van der Waals surface area contributed by atoms with Gasteiger partial charge in [-0.15, -0.1) is 0 Å². The number of hydrogen-bond acceptors (Lipinski definition) is 5. The second-order valence-corrected chi connectivity index (χ2v) is 6.63. The summed E-state index contributed by atoms with van der Waals surface area (Å²) < 4.78 is 0.